The maximum atomic E-state index is 12.7. The molecule has 0 radical (unpaired) electrons. The molecule has 3 rings (SSSR count). The first-order valence-electron chi connectivity index (χ1n) is 6.58. The van der Waals surface area contributed by atoms with Gasteiger partial charge in [0.1, 0.15) is 0 Å². The Morgan fingerprint density at radius 3 is 2.42 bits per heavy atom. The normalized spacial score (nSPS) is 16.3. The van der Waals surface area contributed by atoms with Crippen LogP contribution >= 0.6 is 58.8 Å². The van der Waals surface area contributed by atoms with Crippen LogP contribution in [0.3, 0.4) is 0 Å². The number of carbonyl (C=O) groups excluding carboxylic acids is 1. The number of anilines is 1. The van der Waals surface area contributed by atoms with Crippen molar-refractivity contribution in [3.8, 4) is 5.75 Å². The van der Waals surface area contributed by atoms with Gasteiger partial charge in [0, 0.05) is 5.02 Å². The zero-order valence-corrected chi connectivity index (χ0v) is 15.7. The largest absolute Gasteiger partial charge is 0.505 e. The van der Waals surface area contributed by atoms with Crippen molar-refractivity contribution in [3.63, 3.8) is 0 Å². The van der Waals surface area contributed by atoms with Crippen molar-refractivity contribution >= 4 is 80.8 Å². The van der Waals surface area contributed by atoms with Gasteiger partial charge in [-0.25, -0.2) is 0 Å². The fraction of sp³-hybridized carbons (Fsp3) is 0. The molecule has 122 valence electrons. The summed E-state index contributed by atoms with van der Waals surface area (Å²) < 4.78 is 0.407. The van der Waals surface area contributed by atoms with E-state index in [1.165, 1.54) is 28.8 Å². The van der Waals surface area contributed by atoms with Crippen molar-refractivity contribution in [2.45, 2.75) is 0 Å². The van der Waals surface area contributed by atoms with Crippen LogP contribution in [-0.2, 0) is 4.79 Å². The first-order valence-corrected chi connectivity index (χ1v) is 8.94. The topological polar surface area (TPSA) is 40.5 Å². The Balaban J connectivity index is 1.97. The number of halogens is 3. The number of aromatic hydroxyl groups is 1. The molecule has 2 aromatic carbocycles. The van der Waals surface area contributed by atoms with Crippen molar-refractivity contribution in [3.05, 3.63) is 61.9 Å². The number of hydrogen-bond donors (Lipinski definition) is 1. The van der Waals surface area contributed by atoms with Gasteiger partial charge in [0.05, 0.1) is 20.6 Å². The van der Waals surface area contributed by atoms with Crippen LogP contribution < -0.4 is 4.90 Å². The molecule has 2 aromatic rings. The minimum atomic E-state index is -0.257. The fourth-order valence-corrected chi connectivity index (χ4v) is 4.11. The molecule has 8 heteroatoms. The molecule has 0 atom stereocenters. The van der Waals surface area contributed by atoms with Gasteiger partial charge in [0.15, 0.2) is 10.1 Å². The highest BCUT2D eigenvalue weighted by Crippen LogP contribution is 2.38. The van der Waals surface area contributed by atoms with Crippen LogP contribution in [0.4, 0.5) is 5.69 Å². The zero-order chi connectivity index (χ0) is 17.4. The van der Waals surface area contributed by atoms with E-state index >= 15 is 0 Å². The number of phenols is 1. The van der Waals surface area contributed by atoms with Crippen molar-refractivity contribution in [2.75, 3.05) is 4.90 Å². The Bertz CT molecular complexity index is 876. The summed E-state index contributed by atoms with van der Waals surface area (Å²) in [7, 11) is 0. The van der Waals surface area contributed by atoms with Crippen LogP contribution in [-0.4, -0.2) is 15.3 Å². The van der Waals surface area contributed by atoms with Gasteiger partial charge in [-0.15, -0.1) is 0 Å². The highest BCUT2D eigenvalue weighted by Gasteiger charge is 2.33. The number of amides is 1. The van der Waals surface area contributed by atoms with Gasteiger partial charge in [0.2, 0.25) is 0 Å². The highest BCUT2D eigenvalue weighted by molar-refractivity contribution is 8.27. The van der Waals surface area contributed by atoms with Gasteiger partial charge in [-0.3, -0.25) is 9.69 Å². The summed E-state index contributed by atoms with van der Waals surface area (Å²) >= 11 is 24.3. The second-order valence-corrected chi connectivity index (χ2v) is 7.76. The Hall–Kier alpha value is -1.24. The predicted octanol–water partition coefficient (Wildman–Crippen LogP) is 5.76. The summed E-state index contributed by atoms with van der Waals surface area (Å²) in [5, 5.41) is 10.3. The Morgan fingerprint density at radius 1 is 1.12 bits per heavy atom. The molecule has 1 amide bonds. The molecule has 0 bridgehead atoms. The molecule has 1 heterocycles. The van der Waals surface area contributed by atoms with E-state index in [1.807, 2.05) is 0 Å². The van der Waals surface area contributed by atoms with E-state index < -0.39 is 0 Å². The number of carbonyl (C=O) groups is 1. The van der Waals surface area contributed by atoms with Gasteiger partial charge < -0.3 is 5.11 Å². The number of benzene rings is 2. The van der Waals surface area contributed by atoms with Crippen LogP contribution in [0.5, 0.6) is 5.75 Å². The molecule has 1 N–H and O–H groups in total. The minimum Gasteiger partial charge on any atom is -0.505 e. The van der Waals surface area contributed by atoms with Gasteiger partial charge >= 0.3 is 0 Å². The number of nitrogens with zero attached hydrogens (tertiary/aromatic N) is 1. The molecule has 1 saturated heterocycles. The van der Waals surface area contributed by atoms with E-state index in [-0.39, 0.29) is 21.7 Å². The molecule has 0 unspecified atom stereocenters. The number of rotatable bonds is 2. The fourth-order valence-electron chi connectivity index (χ4n) is 2.13. The van der Waals surface area contributed by atoms with Gasteiger partial charge in [0.25, 0.3) is 5.91 Å². The zero-order valence-electron chi connectivity index (χ0n) is 11.8. The second kappa shape index (κ2) is 6.94. The number of hydrogen-bond acceptors (Lipinski definition) is 4. The first-order chi connectivity index (χ1) is 11.4. The lowest BCUT2D eigenvalue weighted by molar-refractivity contribution is -0.113. The van der Waals surface area contributed by atoms with Crippen molar-refractivity contribution in [1.29, 1.82) is 0 Å². The van der Waals surface area contributed by atoms with Crippen LogP contribution in [0, 0.1) is 0 Å². The number of thiocarbonyl (C=S) groups is 1. The third-order valence-corrected chi connectivity index (χ3v) is 5.31. The summed E-state index contributed by atoms with van der Waals surface area (Å²) in [5.41, 5.74) is 1.20. The average molecular weight is 417 g/mol. The minimum absolute atomic E-state index is 0.110. The van der Waals surface area contributed by atoms with Crippen molar-refractivity contribution in [1.82, 2.24) is 0 Å². The summed E-state index contributed by atoms with van der Waals surface area (Å²) in [6.07, 6.45) is 1.63. The molecular formula is C16H8Cl3NO2S2. The lowest BCUT2D eigenvalue weighted by Gasteiger charge is -2.14. The van der Waals surface area contributed by atoms with Gasteiger partial charge in [-0.2, -0.15) is 0 Å². The van der Waals surface area contributed by atoms with E-state index in [0.717, 1.165) is 0 Å². The van der Waals surface area contributed by atoms with E-state index in [2.05, 4.69) is 0 Å². The van der Waals surface area contributed by atoms with Crippen molar-refractivity contribution < 1.29 is 9.90 Å². The molecule has 1 aliphatic rings. The van der Waals surface area contributed by atoms with Crippen LogP contribution in [0.25, 0.3) is 6.08 Å². The van der Waals surface area contributed by atoms with Crippen LogP contribution in [0.2, 0.25) is 15.1 Å². The van der Waals surface area contributed by atoms with Crippen LogP contribution in [0.15, 0.2) is 41.3 Å². The lowest BCUT2D eigenvalue weighted by Crippen LogP contribution is -2.27. The summed E-state index contributed by atoms with van der Waals surface area (Å²) in [5.74, 6) is -0.449. The molecule has 0 spiro atoms. The molecule has 3 nitrogen and oxygen atoms in total. The molecular weight excluding hydrogens is 409 g/mol. The number of thioether (sulfide) groups is 1. The average Bonchev–Trinajstić information content (AvgIpc) is 2.79. The summed E-state index contributed by atoms with van der Waals surface area (Å²) in [6.45, 7) is 0. The van der Waals surface area contributed by atoms with E-state index in [1.54, 1.807) is 30.3 Å². The van der Waals surface area contributed by atoms with Crippen molar-refractivity contribution in [2.24, 2.45) is 0 Å². The first kappa shape index (κ1) is 17.6. The summed E-state index contributed by atoms with van der Waals surface area (Å²) in [6, 6.07) is 9.94. The monoisotopic (exact) mass is 415 g/mol. The maximum absolute atomic E-state index is 12.7. The smallest absolute Gasteiger partial charge is 0.270 e. The SMILES string of the molecule is O=C1/C(=C/c2cc(Cl)c(O)c(Cl)c2)SC(=S)N1c1cccc(Cl)c1. The van der Waals surface area contributed by atoms with E-state index in [0.29, 0.717) is 25.5 Å². The Kier molecular flexibility index (Phi) is 5.08. The van der Waals surface area contributed by atoms with E-state index in [9.17, 15) is 9.90 Å². The molecule has 24 heavy (non-hydrogen) atoms. The molecule has 1 fully saturated rings. The highest BCUT2D eigenvalue weighted by atomic mass is 35.5. The maximum Gasteiger partial charge on any atom is 0.270 e. The second-order valence-electron chi connectivity index (χ2n) is 4.83. The van der Waals surface area contributed by atoms with E-state index in [4.69, 9.17) is 47.0 Å². The van der Waals surface area contributed by atoms with Gasteiger partial charge in [-0.05, 0) is 42.0 Å². The molecule has 1 aliphatic heterocycles. The standard InChI is InChI=1S/C16H8Cl3NO2S2/c17-9-2-1-3-10(7-9)20-15(22)13(24-16(20)23)6-8-4-11(18)14(21)12(19)5-8/h1-7,21H/b13-6-. The predicted molar refractivity (Wildman–Crippen MR) is 105 cm³/mol. The third-order valence-electron chi connectivity index (χ3n) is 3.20. The Labute approximate surface area is 162 Å². The summed E-state index contributed by atoms with van der Waals surface area (Å²) in [4.78, 5) is 14.5. The quantitative estimate of drug-likeness (QED) is 0.499. The van der Waals surface area contributed by atoms with Gasteiger partial charge in [-0.1, -0.05) is 64.8 Å². The lowest BCUT2D eigenvalue weighted by atomic mass is 10.2. The molecule has 0 aliphatic carbocycles. The Morgan fingerprint density at radius 2 is 1.79 bits per heavy atom. The van der Waals surface area contributed by atoms with Crippen LogP contribution in [0.1, 0.15) is 5.56 Å². The molecule has 0 saturated carbocycles. The molecule has 0 aromatic heterocycles. The third kappa shape index (κ3) is 3.41. The number of phenolic OH excluding ortho intramolecular Hbond substituents is 1.